The van der Waals surface area contributed by atoms with Crippen LogP contribution in [-0.2, 0) is 4.79 Å². The molecule has 0 heterocycles. The lowest BCUT2D eigenvalue weighted by molar-refractivity contribution is -0.385. The minimum atomic E-state index is -0.552. The maximum Gasteiger partial charge on any atom is 0.312 e. The highest BCUT2D eigenvalue weighted by Crippen LogP contribution is 2.35. The molecule has 3 aromatic carbocycles. The molecule has 0 atom stereocenters. The molecule has 1 N–H and O–H groups in total. The third kappa shape index (κ3) is 8.46. The van der Waals surface area contributed by atoms with Gasteiger partial charge in [0.15, 0.2) is 11.5 Å². The summed E-state index contributed by atoms with van der Waals surface area (Å²) in [4.78, 5) is 26.0. The minimum Gasteiger partial charge on any atom is -0.493 e. The van der Waals surface area contributed by atoms with Crippen LogP contribution in [0.25, 0.3) is 6.08 Å². The number of nitrogens with one attached hydrogen (secondary N) is 1. The summed E-state index contributed by atoms with van der Waals surface area (Å²) in [5.74, 6) is 0.994. The van der Waals surface area contributed by atoms with Crippen molar-refractivity contribution in [3.63, 3.8) is 0 Å². The Balaban J connectivity index is 1.68. The number of ether oxygens (including phenoxy) is 3. The van der Waals surface area contributed by atoms with E-state index in [4.69, 9.17) is 25.8 Å². The number of carbonyl (C=O) groups is 1. The lowest BCUT2D eigenvalue weighted by Crippen LogP contribution is -2.39. The van der Waals surface area contributed by atoms with Crippen LogP contribution in [0.2, 0.25) is 5.02 Å². The van der Waals surface area contributed by atoms with Crippen molar-refractivity contribution in [3.05, 3.63) is 87.4 Å². The van der Waals surface area contributed by atoms with Gasteiger partial charge in [0.05, 0.1) is 17.1 Å². The van der Waals surface area contributed by atoms with Crippen LogP contribution in [-0.4, -0.2) is 48.1 Å². The lowest BCUT2D eigenvalue weighted by Gasteiger charge is -2.30. The third-order valence-electron chi connectivity index (χ3n) is 6.03. The smallest absolute Gasteiger partial charge is 0.312 e. The van der Waals surface area contributed by atoms with Gasteiger partial charge in [0.1, 0.15) is 12.4 Å². The zero-order valence-electron chi connectivity index (χ0n) is 23.2. The summed E-state index contributed by atoms with van der Waals surface area (Å²) in [6, 6.07) is 17.0. The Morgan fingerprint density at radius 2 is 1.70 bits per heavy atom. The van der Waals surface area contributed by atoms with Crippen molar-refractivity contribution in [2.45, 2.75) is 39.8 Å². The van der Waals surface area contributed by atoms with Crippen LogP contribution >= 0.6 is 11.6 Å². The summed E-state index contributed by atoms with van der Waals surface area (Å²) in [5, 5.41) is 14.8. The van der Waals surface area contributed by atoms with Crippen molar-refractivity contribution >= 4 is 35.0 Å². The molecule has 0 radical (unpaired) electrons. The molecule has 1 amide bonds. The molecule has 0 aliphatic heterocycles. The number of methoxy groups -OCH3 is 1. The Kier molecular flexibility index (Phi) is 10.9. The van der Waals surface area contributed by atoms with Gasteiger partial charge in [0, 0.05) is 42.5 Å². The number of para-hydroxylation sites is 1. The average Bonchev–Trinajstić information content (AvgIpc) is 2.91. The van der Waals surface area contributed by atoms with E-state index in [1.54, 1.807) is 55.6 Å². The Hall–Kier alpha value is -4.08. The van der Waals surface area contributed by atoms with E-state index in [1.165, 1.54) is 24.3 Å². The topological polar surface area (TPSA) is 103 Å². The number of nitrogens with zero attached hydrogens (tertiary/aromatic N) is 2. The molecular formula is C30H34ClN3O6. The molecule has 3 rings (SSSR count). The first-order valence-corrected chi connectivity index (χ1v) is 13.2. The zero-order chi connectivity index (χ0) is 29.2. The normalized spacial score (nSPS) is 11.3. The molecule has 0 saturated carbocycles. The number of nitro benzene ring substituents is 1. The van der Waals surface area contributed by atoms with Gasteiger partial charge in [-0.1, -0.05) is 29.8 Å². The van der Waals surface area contributed by atoms with Crippen LogP contribution in [0.5, 0.6) is 23.0 Å². The van der Waals surface area contributed by atoms with Crippen molar-refractivity contribution in [2.24, 2.45) is 0 Å². The van der Waals surface area contributed by atoms with Crippen molar-refractivity contribution in [3.8, 4) is 23.0 Å². The first-order valence-electron chi connectivity index (χ1n) is 12.9. The molecule has 40 heavy (non-hydrogen) atoms. The van der Waals surface area contributed by atoms with E-state index in [1.807, 2.05) is 0 Å². The lowest BCUT2D eigenvalue weighted by atomic mass is 10.1. The molecule has 0 fully saturated rings. The number of halogens is 1. The predicted molar refractivity (Wildman–Crippen MR) is 158 cm³/mol. The standard InChI is InChI=1S/C30H34ClN3O6/c1-20(2)33(21(3)4)16-17-39-29-19-23(12-14-28(29)38-5)32-30(35)15-11-22-10-13-27(25(18-22)34(36)37)40-26-9-7-6-8-24(26)31/h6-15,18-21H,16-17H2,1-5H3,(H,32,35)/b15-11+. The van der Waals surface area contributed by atoms with Crippen molar-refractivity contribution in [1.29, 1.82) is 0 Å². The fourth-order valence-electron chi connectivity index (χ4n) is 4.11. The van der Waals surface area contributed by atoms with Gasteiger partial charge in [-0.15, -0.1) is 0 Å². The molecule has 0 spiro atoms. The van der Waals surface area contributed by atoms with Crippen LogP contribution < -0.4 is 19.5 Å². The summed E-state index contributed by atoms with van der Waals surface area (Å²) in [7, 11) is 1.56. The second-order valence-corrected chi connectivity index (χ2v) is 9.89. The maximum atomic E-state index is 12.6. The molecule has 3 aromatic rings. The molecule has 0 unspecified atom stereocenters. The maximum absolute atomic E-state index is 12.6. The molecule has 0 bridgehead atoms. The van der Waals surface area contributed by atoms with Gasteiger partial charge in [-0.3, -0.25) is 19.8 Å². The number of benzene rings is 3. The van der Waals surface area contributed by atoms with Gasteiger partial charge in [-0.25, -0.2) is 0 Å². The number of amides is 1. The van der Waals surface area contributed by atoms with Crippen LogP contribution in [0.15, 0.2) is 66.7 Å². The van der Waals surface area contributed by atoms with Gasteiger partial charge >= 0.3 is 5.69 Å². The zero-order valence-corrected chi connectivity index (χ0v) is 24.0. The molecular weight excluding hydrogens is 534 g/mol. The van der Waals surface area contributed by atoms with Crippen LogP contribution in [0.1, 0.15) is 33.3 Å². The highest BCUT2D eigenvalue weighted by atomic mass is 35.5. The van der Waals surface area contributed by atoms with E-state index >= 15 is 0 Å². The van der Waals surface area contributed by atoms with E-state index < -0.39 is 10.8 Å². The second kappa shape index (κ2) is 14.3. The van der Waals surface area contributed by atoms with Gasteiger partial charge in [-0.2, -0.15) is 0 Å². The summed E-state index contributed by atoms with van der Waals surface area (Å²) in [6.45, 7) is 9.78. The van der Waals surface area contributed by atoms with Gasteiger partial charge in [0.25, 0.3) is 0 Å². The minimum absolute atomic E-state index is 0.0374. The average molecular weight is 568 g/mol. The number of nitro groups is 1. The number of carbonyl (C=O) groups excluding carboxylic acids is 1. The Morgan fingerprint density at radius 3 is 2.35 bits per heavy atom. The van der Waals surface area contributed by atoms with E-state index in [-0.39, 0.29) is 11.4 Å². The molecule has 212 valence electrons. The predicted octanol–water partition coefficient (Wildman–Crippen LogP) is 7.20. The summed E-state index contributed by atoms with van der Waals surface area (Å²) < 4.78 is 17.1. The van der Waals surface area contributed by atoms with E-state index in [0.717, 1.165) is 6.54 Å². The van der Waals surface area contributed by atoms with E-state index in [2.05, 4.69) is 37.9 Å². The number of rotatable bonds is 13. The molecule has 10 heteroatoms. The van der Waals surface area contributed by atoms with Crippen LogP contribution in [0.3, 0.4) is 0 Å². The largest absolute Gasteiger partial charge is 0.493 e. The van der Waals surface area contributed by atoms with Crippen molar-refractivity contribution in [1.82, 2.24) is 4.90 Å². The van der Waals surface area contributed by atoms with E-state index in [9.17, 15) is 14.9 Å². The molecule has 0 saturated heterocycles. The van der Waals surface area contributed by atoms with Crippen LogP contribution in [0, 0.1) is 10.1 Å². The van der Waals surface area contributed by atoms with Gasteiger partial charge in [-0.05, 0) is 69.7 Å². The Labute approximate surface area is 239 Å². The first-order chi connectivity index (χ1) is 19.1. The fraction of sp³-hybridized carbons (Fsp3) is 0.300. The third-order valence-corrected chi connectivity index (χ3v) is 6.34. The molecule has 0 aliphatic rings. The van der Waals surface area contributed by atoms with Gasteiger partial charge in [0.2, 0.25) is 11.7 Å². The highest BCUT2D eigenvalue weighted by molar-refractivity contribution is 6.32. The Bertz CT molecular complexity index is 1350. The second-order valence-electron chi connectivity index (χ2n) is 9.48. The first kappa shape index (κ1) is 30.5. The van der Waals surface area contributed by atoms with Crippen molar-refractivity contribution < 1.29 is 23.9 Å². The fourth-order valence-corrected chi connectivity index (χ4v) is 4.28. The van der Waals surface area contributed by atoms with E-state index in [0.29, 0.717) is 52.2 Å². The molecule has 0 aliphatic carbocycles. The Morgan fingerprint density at radius 1 is 1.00 bits per heavy atom. The SMILES string of the molecule is COc1ccc(NC(=O)/C=C/c2ccc(Oc3ccccc3Cl)c([N+](=O)[O-])c2)cc1OCCN(C(C)C)C(C)C. The number of anilines is 1. The molecule has 0 aromatic heterocycles. The summed E-state index contributed by atoms with van der Waals surface area (Å²) in [6.07, 6.45) is 2.77. The summed E-state index contributed by atoms with van der Waals surface area (Å²) in [5.41, 5.74) is 0.712. The quantitative estimate of drug-likeness (QED) is 0.132. The van der Waals surface area contributed by atoms with Gasteiger partial charge < -0.3 is 19.5 Å². The van der Waals surface area contributed by atoms with Crippen molar-refractivity contribution in [2.75, 3.05) is 25.6 Å². The van der Waals surface area contributed by atoms with Crippen LogP contribution in [0.4, 0.5) is 11.4 Å². The number of hydrogen-bond acceptors (Lipinski definition) is 7. The monoisotopic (exact) mass is 567 g/mol. The number of hydrogen-bond donors (Lipinski definition) is 1. The highest BCUT2D eigenvalue weighted by Gasteiger charge is 2.18. The summed E-state index contributed by atoms with van der Waals surface area (Å²) >= 11 is 6.11. The molecule has 9 nitrogen and oxygen atoms in total.